The van der Waals surface area contributed by atoms with Crippen LogP contribution in [0.25, 0.3) is 0 Å². The van der Waals surface area contributed by atoms with Crippen LogP contribution in [-0.4, -0.2) is 41.1 Å². The number of nitrogens with one attached hydrogen (secondary N) is 1. The molecule has 8 heteroatoms. The van der Waals surface area contributed by atoms with Crippen LogP contribution in [0.2, 0.25) is 0 Å². The fourth-order valence-electron chi connectivity index (χ4n) is 1.20. The van der Waals surface area contributed by atoms with Gasteiger partial charge in [-0.2, -0.15) is 4.72 Å². The summed E-state index contributed by atoms with van der Waals surface area (Å²) in [5.41, 5.74) is 0.231. The molecule has 0 aliphatic carbocycles. The molecule has 104 valence electrons. The first-order chi connectivity index (χ1) is 8.90. The van der Waals surface area contributed by atoms with Crippen LogP contribution in [0, 0.1) is 0 Å². The summed E-state index contributed by atoms with van der Waals surface area (Å²) in [6.07, 6.45) is 0. The van der Waals surface area contributed by atoms with E-state index in [4.69, 9.17) is 0 Å². The molecular weight excluding hydrogens is 274 g/mol. The van der Waals surface area contributed by atoms with Crippen LogP contribution >= 0.6 is 0 Å². The summed E-state index contributed by atoms with van der Waals surface area (Å²) >= 11 is 0. The van der Waals surface area contributed by atoms with E-state index in [1.54, 1.807) is 0 Å². The summed E-state index contributed by atoms with van der Waals surface area (Å²) in [4.78, 5) is 22.0. The number of sulfonamides is 1. The predicted molar refractivity (Wildman–Crippen MR) is 65.0 cm³/mol. The van der Waals surface area contributed by atoms with Gasteiger partial charge in [-0.05, 0) is 24.3 Å². The Morgan fingerprint density at radius 3 is 2.16 bits per heavy atom. The summed E-state index contributed by atoms with van der Waals surface area (Å²) in [5, 5.41) is 0. The van der Waals surface area contributed by atoms with E-state index in [1.807, 2.05) is 0 Å². The zero-order valence-corrected chi connectivity index (χ0v) is 11.2. The van der Waals surface area contributed by atoms with Crippen molar-refractivity contribution in [3.63, 3.8) is 0 Å². The summed E-state index contributed by atoms with van der Waals surface area (Å²) < 4.78 is 34.4. The molecule has 0 aliphatic heterocycles. The maximum absolute atomic E-state index is 11.8. The number of esters is 2. The Morgan fingerprint density at radius 2 is 1.68 bits per heavy atom. The second kappa shape index (κ2) is 6.30. The quantitative estimate of drug-likeness (QED) is 0.761. The molecule has 0 spiro atoms. The molecule has 0 saturated heterocycles. The lowest BCUT2D eigenvalue weighted by atomic mass is 10.2. The fraction of sp³-hybridized carbons (Fsp3) is 0.273. The Balaban J connectivity index is 2.85. The van der Waals surface area contributed by atoms with Crippen molar-refractivity contribution in [3.05, 3.63) is 29.8 Å². The van der Waals surface area contributed by atoms with Crippen molar-refractivity contribution in [1.82, 2.24) is 4.72 Å². The molecular formula is C11H13NO6S. The van der Waals surface area contributed by atoms with Crippen LogP contribution < -0.4 is 4.72 Å². The molecule has 1 rings (SSSR count). The first-order valence-electron chi connectivity index (χ1n) is 5.15. The number of ether oxygens (including phenoxy) is 2. The molecule has 0 fully saturated rings. The average Bonchev–Trinajstić information content (AvgIpc) is 2.44. The van der Waals surface area contributed by atoms with E-state index in [0.29, 0.717) is 0 Å². The molecule has 0 heterocycles. The highest BCUT2D eigenvalue weighted by Gasteiger charge is 2.16. The van der Waals surface area contributed by atoms with Gasteiger partial charge in [0.05, 0.1) is 24.7 Å². The Kier molecular flexibility index (Phi) is 5.02. The van der Waals surface area contributed by atoms with Crippen molar-refractivity contribution in [2.75, 3.05) is 20.8 Å². The Bertz CT molecular complexity index is 563. The van der Waals surface area contributed by atoms with Gasteiger partial charge in [0.1, 0.15) is 6.54 Å². The topological polar surface area (TPSA) is 98.8 Å². The third-order valence-electron chi connectivity index (χ3n) is 2.22. The molecule has 0 aromatic heterocycles. The van der Waals surface area contributed by atoms with E-state index >= 15 is 0 Å². The lowest BCUT2D eigenvalue weighted by Crippen LogP contribution is -2.30. The van der Waals surface area contributed by atoms with Crippen LogP contribution in [-0.2, 0) is 24.3 Å². The molecule has 1 aromatic carbocycles. The minimum absolute atomic E-state index is 0.0657. The first kappa shape index (κ1) is 15.1. The van der Waals surface area contributed by atoms with Gasteiger partial charge < -0.3 is 9.47 Å². The maximum Gasteiger partial charge on any atom is 0.337 e. The Labute approximate surface area is 110 Å². The molecule has 1 N–H and O–H groups in total. The first-order valence-corrected chi connectivity index (χ1v) is 6.64. The normalized spacial score (nSPS) is 10.8. The maximum atomic E-state index is 11.8. The van der Waals surface area contributed by atoms with Crippen molar-refractivity contribution < 1.29 is 27.5 Å². The van der Waals surface area contributed by atoms with Crippen LogP contribution in [0.3, 0.4) is 0 Å². The van der Waals surface area contributed by atoms with Crippen LogP contribution in [0.1, 0.15) is 10.4 Å². The summed E-state index contributed by atoms with van der Waals surface area (Å²) in [7, 11) is -1.44. The van der Waals surface area contributed by atoms with Crippen LogP contribution in [0.5, 0.6) is 0 Å². The minimum Gasteiger partial charge on any atom is -0.468 e. The van der Waals surface area contributed by atoms with Gasteiger partial charge in [-0.25, -0.2) is 13.2 Å². The highest BCUT2D eigenvalue weighted by atomic mass is 32.2. The SMILES string of the molecule is COC(=O)CNS(=O)(=O)c1ccc(C(=O)OC)cc1. The smallest absolute Gasteiger partial charge is 0.337 e. The number of carbonyl (C=O) groups is 2. The van der Waals surface area contributed by atoms with Gasteiger partial charge >= 0.3 is 11.9 Å². The number of methoxy groups -OCH3 is 2. The molecule has 1 aromatic rings. The van der Waals surface area contributed by atoms with Crippen LogP contribution in [0.4, 0.5) is 0 Å². The molecule has 0 unspecified atom stereocenters. The Hall–Kier alpha value is -1.93. The summed E-state index contributed by atoms with van der Waals surface area (Å²) in [5.74, 6) is -1.26. The van der Waals surface area contributed by atoms with E-state index in [9.17, 15) is 18.0 Å². The van der Waals surface area contributed by atoms with Gasteiger partial charge in [-0.1, -0.05) is 0 Å². The van der Waals surface area contributed by atoms with E-state index in [1.165, 1.54) is 31.4 Å². The molecule has 0 aliphatic rings. The third kappa shape index (κ3) is 4.04. The highest BCUT2D eigenvalue weighted by molar-refractivity contribution is 7.89. The largest absolute Gasteiger partial charge is 0.468 e. The fourth-order valence-corrected chi connectivity index (χ4v) is 2.17. The van der Waals surface area contributed by atoms with Gasteiger partial charge in [0.2, 0.25) is 10.0 Å². The van der Waals surface area contributed by atoms with Crippen molar-refractivity contribution in [2.45, 2.75) is 4.90 Å². The summed E-state index contributed by atoms with van der Waals surface area (Å²) in [6.45, 7) is -0.461. The van der Waals surface area contributed by atoms with Crippen molar-refractivity contribution in [2.24, 2.45) is 0 Å². The molecule has 0 bridgehead atoms. The number of benzene rings is 1. The van der Waals surface area contributed by atoms with E-state index < -0.39 is 28.5 Å². The van der Waals surface area contributed by atoms with E-state index in [-0.39, 0.29) is 10.5 Å². The molecule has 0 radical (unpaired) electrons. The lowest BCUT2D eigenvalue weighted by molar-refractivity contribution is -0.139. The lowest BCUT2D eigenvalue weighted by Gasteiger charge is -2.06. The van der Waals surface area contributed by atoms with Gasteiger partial charge in [-0.3, -0.25) is 4.79 Å². The zero-order valence-electron chi connectivity index (χ0n) is 10.4. The van der Waals surface area contributed by atoms with Gasteiger partial charge in [-0.15, -0.1) is 0 Å². The zero-order chi connectivity index (χ0) is 14.5. The standard InChI is InChI=1S/C11H13NO6S/c1-17-10(13)7-12-19(15,16)9-5-3-8(4-6-9)11(14)18-2/h3-6,12H,7H2,1-2H3. The van der Waals surface area contributed by atoms with Crippen molar-refractivity contribution in [3.8, 4) is 0 Å². The number of hydrogen-bond donors (Lipinski definition) is 1. The third-order valence-corrected chi connectivity index (χ3v) is 3.64. The second-order valence-corrected chi connectivity index (χ2v) is 5.18. The van der Waals surface area contributed by atoms with Gasteiger partial charge in [0, 0.05) is 0 Å². The number of rotatable bonds is 5. The van der Waals surface area contributed by atoms with Crippen molar-refractivity contribution in [1.29, 1.82) is 0 Å². The van der Waals surface area contributed by atoms with E-state index in [0.717, 1.165) is 7.11 Å². The second-order valence-electron chi connectivity index (χ2n) is 3.42. The highest BCUT2D eigenvalue weighted by Crippen LogP contribution is 2.11. The van der Waals surface area contributed by atoms with Gasteiger partial charge in [0.15, 0.2) is 0 Å². The van der Waals surface area contributed by atoms with Crippen molar-refractivity contribution >= 4 is 22.0 Å². The number of carbonyl (C=O) groups excluding carboxylic acids is 2. The molecule has 0 atom stereocenters. The monoisotopic (exact) mass is 287 g/mol. The molecule has 7 nitrogen and oxygen atoms in total. The molecule has 19 heavy (non-hydrogen) atoms. The predicted octanol–water partition coefficient (Wildman–Crippen LogP) is -0.0755. The van der Waals surface area contributed by atoms with Gasteiger partial charge in [0.25, 0.3) is 0 Å². The van der Waals surface area contributed by atoms with E-state index in [2.05, 4.69) is 14.2 Å². The molecule has 0 amide bonds. The molecule has 0 saturated carbocycles. The number of hydrogen-bond acceptors (Lipinski definition) is 6. The average molecular weight is 287 g/mol. The van der Waals surface area contributed by atoms with Crippen LogP contribution in [0.15, 0.2) is 29.2 Å². The minimum atomic E-state index is -3.82. The summed E-state index contributed by atoms with van der Waals surface area (Å²) in [6, 6.07) is 5.12. The Morgan fingerprint density at radius 1 is 1.11 bits per heavy atom.